The van der Waals surface area contributed by atoms with Crippen LogP contribution in [-0.2, 0) is 53.1 Å². The Balaban J connectivity index is 4.01. The number of nitrogens with one attached hydrogen (secondary N) is 4. The van der Waals surface area contributed by atoms with Crippen LogP contribution in [0, 0.1) is 0 Å². The molecule has 0 aliphatic rings. The van der Waals surface area contributed by atoms with Gasteiger partial charge in [0.25, 0.3) is 0 Å². The highest BCUT2D eigenvalue weighted by molar-refractivity contribution is 7.90. The molecule has 0 radical (unpaired) electrons. The molecule has 18 nitrogen and oxygen atoms in total. The molecule has 7 N–H and O–H groups in total. The van der Waals surface area contributed by atoms with Gasteiger partial charge in [-0.3, -0.25) is 28.7 Å². The Morgan fingerprint density at radius 3 is 1.91 bits per heavy atom. The van der Waals surface area contributed by atoms with Crippen LogP contribution in [0.1, 0.15) is 58.3 Å². The van der Waals surface area contributed by atoms with Gasteiger partial charge in [0.15, 0.2) is 0 Å². The van der Waals surface area contributed by atoms with Gasteiger partial charge in [-0.1, -0.05) is 6.92 Å². The topological polar surface area (TPSA) is 281 Å². The van der Waals surface area contributed by atoms with E-state index in [2.05, 4.69) is 16.0 Å². The number of rotatable bonds is 25. The van der Waals surface area contributed by atoms with E-state index in [1.54, 1.807) is 6.92 Å². The quantitative estimate of drug-likeness (QED) is 0.0529. The van der Waals surface area contributed by atoms with E-state index >= 15 is 0 Å². The SMILES string of the molecule is CCC(NC(=O)CCC(NC(=O)COCCOCCNC(=O)CCCS(=O)(=O)NC(=O)CCCC(=O)O)C(=O)O)C(=O)O. The summed E-state index contributed by atoms with van der Waals surface area (Å²) in [5, 5.41) is 33.7. The van der Waals surface area contributed by atoms with E-state index in [0.717, 1.165) is 0 Å². The molecule has 0 aliphatic heterocycles. The van der Waals surface area contributed by atoms with Crippen LogP contribution in [0.5, 0.6) is 0 Å². The Morgan fingerprint density at radius 1 is 0.698 bits per heavy atom. The van der Waals surface area contributed by atoms with Gasteiger partial charge >= 0.3 is 17.9 Å². The monoisotopic (exact) mass is 640 g/mol. The lowest BCUT2D eigenvalue weighted by atomic mass is 10.1. The summed E-state index contributed by atoms with van der Waals surface area (Å²) in [5.41, 5.74) is 0. The van der Waals surface area contributed by atoms with Crippen LogP contribution in [0.25, 0.3) is 0 Å². The standard InChI is InChI=1S/C24H40N4O14S/c1-2-16(23(35)36)26-19(30)9-8-17(24(37)38)27-21(32)15-42-13-12-41-11-10-25-18(29)6-4-14-43(39,40)28-20(31)5-3-7-22(33)34/h16-17H,2-15H2,1H3,(H,25,29)(H,26,30)(H,27,32)(H,28,31)(H,33,34)(H,35,36)(H,37,38). The van der Waals surface area contributed by atoms with Gasteiger partial charge in [-0.05, 0) is 25.7 Å². The summed E-state index contributed by atoms with van der Waals surface area (Å²) in [6, 6.07) is -2.48. The van der Waals surface area contributed by atoms with Crippen molar-refractivity contribution in [2.24, 2.45) is 0 Å². The molecule has 0 aliphatic carbocycles. The van der Waals surface area contributed by atoms with Gasteiger partial charge < -0.3 is 40.7 Å². The molecular formula is C24H40N4O14S. The maximum absolute atomic E-state index is 11.9. The second kappa shape index (κ2) is 21.8. The summed E-state index contributed by atoms with van der Waals surface area (Å²) >= 11 is 0. The van der Waals surface area contributed by atoms with Crippen molar-refractivity contribution < 1.29 is 66.8 Å². The van der Waals surface area contributed by atoms with Crippen molar-refractivity contribution in [1.82, 2.24) is 20.7 Å². The van der Waals surface area contributed by atoms with Crippen LogP contribution >= 0.6 is 0 Å². The Morgan fingerprint density at radius 2 is 1.30 bits per heavy atom. The van der Waals surface area contributed by atoms with Crippen molar-refractivity contribution in [2.45, 2.75) is 70.4 Å². The van der Waals surface area contributed by atoms with Gasteiger partial charge in [0.05, 0.1) is 25.6 Å². The number of carboxylic acid groups (broad SMARTS) is 3. The number of ether oxygens (including phenoxy) is 2. The average Bonchev–Trinajstić information content (AvgIpc) is 2.89. The minimum absolute atomic E-state index is 0.00234. The van der Waals surface area contributed by atoms with Gasteiger partial charge in [-0.15, -0.1) is 0 Å². The van der Waals surface area contributed by atoms with Crippen molar-refractivity contribution >= 4 is 51.6 Å². The third kappa shape index (κ3) is 21.5. The van der Waals surface area contributed by atoms with Crippen LogP contribution in [0.2, 0.25) is 0 Å². The first-order valence-corrected chi connectivity index (χ1v) is 15.0. The van der Waals surface area contributed by atoms with Crippen LogP contribution in [-0.4, -0.2) is 116 Å². The van der Waals surface area contributed by atoms with Crippen molar-refractivity contribution in [3.05, 3.63) is 0 Å². The zero-order chi connectivity index (χ0) is 32.8. The fourth-order valence-electron chi connectivity index (χ4n) is 3.21. The molecular weight excluding hydrogens is 600 g/mol. The average molecular weight is 641 g/mol. The summed E-state index contributed by atoms with van der Waals surface area (Å²) in [6.07, 6.45) is -1.14. The summed E-state index contributed by atoms with van der Waals surface area (Å²) in [4.78, 5) is 79.9. The van der Waals surface area contributed by atoms with Gasteiger partial charge in [-0.25, -0.2) is 18.0 Å². The van der Waals surface area contributed by atoms with Crippen molar-refractivity contribution in [3.63, 3.8) is 0 Å². The van der Waals surface area contributed by atoms with E-state index in [4.69, 9.17) is 19.7 Å². The Bertz CT molecular complexity index is 1070. The third-order valence-electron chi connectivity index (χ3n) is 5.39. The third-order valence-corrected chi connectivity index (χ3v) is 6.75. The molecule has 2 unspecified atom stereocenters. The first-order chi connectivity index (χ1) is 20.2. The lowest BCUT2D eigenvalue weighted by Gasteiger charge is -2.16. The molecule has 0 rings (SSSR count). The Labute approximate surface area is 248 Å². The van der Waals surface area contributed by atoms with E-state index in [1.807, 2.05) is 4.72 Å². The summed E-state index contributed by atoms with van der Waals surface area (Å²) < 4.78 is 35.8. The molecule has 0 saturated carbocycles. The van der Waals surface area contributed by atoms with Gasteiger partial charge in [0.2, 0.25) is 33.7 Å². The minimum Gasteiger partial charge on any atom is -0.481 e. The summed E-state index contributed by atoms with van der Waals surface area (Å²) in [7, 11) is -3.95. The van der Waals surface area contributed by atoms with Crippen LogP contribution in [0.15, 0.2) is 0 Å². The maximum atomic E-state index is 11.9. The van der Waals surface area contributed by atoms with E-state index in [0.29, 0.717) is 0 Å². The van der Waals surface area contributed by atoms with Crippen LogP contribution in [0.3, 0.4) is 0 Å². The zero-order valence-electron chi connectivity index (χ0n) is 23.8. The summed E-state index contributed by atoms with van der Waals surface area (Å²) in [5.74, 6) is -6.85. The molecule has 43 heavy (non-hydrogen) atoms. The van der Waals surface area contributed by atoms with Gasteiger partial charge in [0.1, 0.15) is 18.7 Å². The Kier molecular flexibility index (Phi) is 19.9. The minimum atomic E-state index is -3.95. The molecule has 0 aromatic carbocycles. The molecule has 0 fully saturated rings. The number of amides is 4. The number of hydrogen-bond donors (Lipinski definition) is 7. The first-order valence-electron chi connectivity index (χ1n) is 13.4. The molecule has 246 valence electrons. The maximum Gasteiger partial charge on any atom is 0.326 e. The fraction of sp³-hybridized carbons (Fsp3) is 0.708. The highest BCUT2D eigenvalue weighted by Crippen LogP contribution is 2.01. The fourth-order valence-corrected chi connectivity index (χ4v) is 4.28. The van der Waals surface area contributed by atoms with E-state index < -0.39 is 76.0 Å². The number of carbonyl (C=O) groups excluding carboxylic acids is 4. The molecule has 0 saturated heterocycles. The number of carbonyl (C=O) groups is 7. The van der Waals surface area contributed by atoms with Crippen LogP contribution in [0.4, 0.5) is 0 Å². The van der Waals surface area contributed by atoms with Gasteiger partial charge in [0, 0.05) is 32.2 Å². The number of aliphatic carboxylic acids is 3. The molecule has 0 bridgehead atoms. The summed E-state index contributed by atoms with van der Waals surface area (Å²) in [6.45, 7) is 1.27. The van der Waals surface area contributed by atoms with Crippen molar-refractivity contribution in [3.8, 4) is 0 Å². The van der Waals surface area contributed by atoms with E-state index in [9.17, 15) is 47.1 Å². The van der Waals surface area contributed by atoms with Gasteiger partial charge in [-0.2, -0.15) is 0 Å². The van der Waals surface area contributed by atoms with Crippen molar-refractivity contribution in [1.29, 1.82) is 0 Å². The largest absolute Gasteiger partial charge is 0.481 e. The van der Waals surface area contributed by atoms with Crippen LogP contribution < -0.4 is 20.7 Å². The molecule has 4 amide bonds. The smallest absolute Gasteiger partial charge is 0.326 e. The normalized spacial score (nSPS) is 12.4. The van der Waals surface area contributed by atoms with E-state index in [-0.39, 0.29) is 77.7 Å². The molecule has 0 aromatic rings. The van der Waals surface area contributed by atoms with Crippen molar-refractivity contribution in [2.75, 3.05) is 38.7 Å². The lowest BCUT2D eigenvalue weighted by molar-refractivity contribution is -0.144. The lowest BCUT2D eigenvalue weighted by Crippen LogP contribution is -2.44. The zero-order valence-corrected chi connectivity index (χ0v) is 24.6. The second-order valence-corrected chi connectivity index (χ2v) is 10.9. The number of sulfonamides is 1. The predicted octanol–water partition coefficient (Wildman–Crippen LogP) is -2.05. The molecule has 19 heteroatoms. The van der Waals surface area contributed by atoms with E-state index in [1.165, 1.54) is 0 Å². The highest BCUT2D eigenvalue weighted by Gasteiger charge is 2.23. The Hall–Kier alpha value is -3.84. The molecule has 0 spiro atoms. The highest BCUT2D eigenvalue weighted by atomic mass is 32.2. The molecule has 2 atom stereocenters. The molecule has 0 aromatic heterocycles. The molecule has 0 heterocycles. The first kappa shape index (κ1) is 39.2. The second-order valence-electron chi connectivity index (χ2n) is 9.07. The predicted molar refractivity (Wildman–Crippen MR) is 146 cm³/mol. The number of hydrogen-bond acceptors (Lipinski definition) is 11. The number of carboxylic acids is 3.